The van der Waals surface area contributed by atoms with E-state index in [0.29, 0.717) is 12.5 Å². The van der Waals surface area contributed by atoms with Gasteiger partial charge in [-0.15, -0.1) is 24.0 Å². The van der Waals surface area contributed by atoms with E-state index in [1.165, 1.54) is 11.6 Å². The Morgan fingerprint density at radius 2 is 1.97 bits per heavy atom. The van der Waals surface area contributed by atoms with E-state index in [1.807, 2.05) is 12.1 Å². The minimum Gasteiger partial charge on any atom is -0.373 e. The van der Waals surface area contributed by atoms with Crippen LogP contribution in [0.3, 0.4) is 0 Å². The molecular formula is C23H31FIN3O. The molecule has 1 saturated heterocycles. The Morgan fingerprint density at radius 1 is 1.14 bits per heavy atom. The van der Waals surface area contributed by atoms with Gasteiger partial charge in [-0.3, -0.25) is 4.99 Å². The number of benzene rings is 2. The first-order valence-electron chi connectivity index (χ1n) is 10.2. The molecular weight excluding hydrogens is 480 g/mol. The standard InChI is InChI=1S/C23H30FN3O.HI/c1-2-25-23(26-14-13-18-8-6-12-21(24)16-18)27-17-20-11-7-15-28-22(20)19-9-4-3-5-10-19;/h3-6,8-10,12,16,20,22H,2,7,11,13-15,17H2,1H3,(H2,25,26,27);1H. The Labute approximate surface area is 190 Å². The van der Waals surface area contributed by atoms with Crippen LogP contribution in [0.2, 0.25) is 0 Å². The van der Waals surface area contributed by atoms with Gasteiger partial charge in [-0.05, 0) is 49.4 Å². The maximum Gasteiger partial charge on any atom is 0.191 e. The van der Waals surface area contributed by atoms with Gasteiger partial charge < -0.3 is 15.4 Å². The van der Waals surface area contributed by atoms with Crippen LogP contribution in [0, 0.1) is 11.7 Å². The number of hydrogen-bond donors (Lipinski definition) is 2. The molecule has 1 aliphatic rings. The summed E-state index contributed by atoms with van der Waals surface area (Å²) in [5, 5.41) is 6.66. The van der Waals surface area contributed by atoms with Crippen LogP contribution in [0.1, 0.15) is 37.0 Å². The molecule has 3 rings (SSSR count). The second-order valence-corrected chi connectivity index (χ2v) is 7.13. The Hall–Kier alpha value is -1.67. The van der Waals surface area contributed by atoms with Gasteiger partial charge in [0.2, 0.25) is 0 Å². The summed E-state index contributed by atoms with van der Waals surface area (Å²) in [5.41, 5.74) is 2.21. The van der Waals surface area contributed by atoms with Crippen LogP contribution in [-0.2, 0) is 11.2 Å². The van der Waals surface area contributed by atoms with Crippen LogP contribution in [0.25, 0.3) is 0 Å². The molecule has 0 spiro atoms. The lowest BCUT2D eigenvalue weighted by Gasteiger charge is -2.31. The molecule has 29 heavy (non-hydrogen) atoms. The van der Waals surface area contributed by atoms with E-state index in [0.717, 1.165) is 50.5 Å². The summed E-state index contributed by atoms with van der Waals surface area (Å²) in [6, 6.07) is 17.2. The van der Waals surface area contributed by atoms with E-state index >= 15 is 0 Å². The van der Waals surface area contributed by atoms with Crippen molar-refractivity contribution in [3.63, 3.8) is 0 Å². The second kappa shape index (κ2) is 12.8. The maximum absolute atomic E-state index is 13.3. The molecule has 158 valence electrons. The summed E-state index contributed by atoms with van der Waals surface area (Å²) in [4.78, 5) is 4.80. The molecule has 2 atom stereocenters. The van der Waals surface area contributed by atoms with Gasteiger partial charge in [-0.1, -0.05) is 42.5 Å². The maximum atomic E-state index is 13.3. The molecule has 0 radical (unpaired) electrons. The Balaban J connectivity index is 0.00000300. The van der Waals surface area contributed by atoms with Crippen LogP contribution in [0.5, 0.6) is 0 Å². The smallest absolute Gasteiger partial charge is 0.191 e. The Morgan fingerprint density at radius 3 is 2.72 bits per heavy atom. The molecule has 1 heterocycles. The lowest BCUT2D eigenvalue weighted by molar-refractivity contribution is -0.0250. The number of rotatable bonds is 7. The summed E-state index contributed by atoms with van der Waals surface area (Å²) >= 11 is 0. The van der Waals surface area contributed by atoms with Crippen molar-refractivity contribution in [3.05, 3.63) is 71.5 Å². The topological polar surface area (TPSA) is 45.7 Å². The Kier molecular flexibility index (Phi) is 10.4. The second-order valence-electron chi connectivity index (χ2n) is 7.13. The van der Waals surface area contributed by atoms with Crippen molar-refractivity contribution in [3.8, 4) is 0 Å². The number of halogens is 2. The third-order valence-electron chi connectivity index (χ3n) is 5.00. The fourth-order valence-corrected chi connectivity index (χ4v) is 3.61. The average molecular weight is 511 g/mol. The number of ether oxygens (including phenoxy) is 1. The highest BCUT2D eigenvalue weighted by atomic mass is 127. The van der Waals surface area contributed by atoms with Gasteiger partial charge >= 0.3 is 0 Å². The normalized spacial score (nSPS) is 19.3. The van der Waals surface area contributed by atoms with Gasteiger partial charge in [-0.25, -0.2) is 4.39 Å². The van der Waals surface area contributed by atoms with Gasteiger partial charge in [0.1, 0.15) is 5.82 Å². The van der Waals surface area contributed by atoms with E-state index in [4.69, 9.17) is 9.73 Å². The van der Waals surface area contributed by atoms with Gasteiger partial charge in [-0.2, -0.15) is 0 Å². The SMILES string of the molecule is CCNC(=NCC1CCCOC1c1ccccc1)NCCc1cccc(F)c1.I. The first kappa shape index (κ1) is 23.6. The molecule has 4 nitrogen and oxygen atoms in total. The average Bonchev–Trinajstić information content (AvgIpc) is 2.73. The fourth-order valence-electron chi connectivity index (χ4n) is 3.61. The molecule has 0 amide bonds. The van der Waals surface area contributed by atoms with Gasteiger partial charge in [0.05, 0.1) is 6.10 Å². The zero-order valence-corrected chi connectivity index (χ0v) is 19.3. The molecule has 2 aromatic rings. The van der Waals surface area contributed by atoms with Crippen molar-refractivity contribution in [1.29, 1.82) is 0 Å². The van der Waals surface area contributed by atoms with Crippen molar-refractivity contribution < 1.29 is 9.13 Å². The molecule has 2 aromatic carbocycles. The molecule has 1 fully saturated rings. The van der Waals surface area contributed by atoms with Crippen LogP contribution in [-0.4, -0.2) is 32.2 Å². The van der Waals surface area contributed by atoms with E-state index in [9.17, 15) is 4.39 Å². The number of guanidine groups is 1. The van der Waals surface area contributed by atoms with Crippen molar-refractivity contribution in [2.75, 3.05) is 26.2 Å². The molecule has 1 aliphatic heterocycles. The quantitative estimate of drug-likeness (QED) is 0.322. The van der Waals surface area contributed by atoms with E-state index in [2.05, 4.69) is 41.8 Å². The number of nitrogens with one attached hydrogen (secondary N) is 2. The fraction of sp³-hybridized carbons (Fsp3) is 0.435. The number of hydrogen-bond acceptors (Lipinski definition) is 2. The lowest BCUT2D eigenvalue weighted by atomic mass is 9.89. The highest BCUT2D eigenvalue weighted by molar-refractivity contribution is 14.0. The predicted octanol–water partition coefficient (Wildman–Crippen LogP) is 4.71. The third kappa shape index (κ3) is 7.59. The number of nitrogens with zero attached hydrogens (tertiary/aromatic N) is 1. The molecule has 0 aliphatic carbocycles. The summed E-state index contributed by atoms with van der Waals surface area (Å²) < 4.78 is 19.4. The van der Waals surface area contributed by atoms with E-state index in [1.54, 1.807) is 12.1 Å². The summed E-state index contributed by atoms with van der Waals surface area (Å²) in [5.74, 6) is 0.980. The van der Waals surface area contributed by atoms with Crippen LogP contribution < -0.4 is 10.6 Å². The largest absolute Gasteiger partial charge is 0.373 e. The third-order valence-corrected chi connectivity index (χ3v) is 5.00. The predicted molar refractivity (Wildman–Crippen MR) is 127 cm³/mol. The highest BCUT2D eigenvalue weighted by Crippen LogP contribution is 2.33. The van der Waals surface area contributed by atoms with Crippen molar-refractivity contribution in [2.24, 2.45) is 10.9 Å². The minimum absolute atomic E-state index is 0. The molecule has 0 saturated carbocycles. The van der Waals surface area contributed by atoms with E-state index in [-0.39, 0.29) is 35.9 Å². The Bertz CT molecular complexity index is 757. The van der Waals surface area contributed by atoms with Crippen molar-refractivity contribution in [2.45, 2.75) is 32.3 Å². The van der Waals surface area contributed by atoms with Crippen LogP contribution in [0.15, 0.2) is 59.6 Å². The van der Waals surface area contributed by atoms with Crippen LogP contribution >= 0.6 is 24.0 Å². The van der Waals surface area contributed by atoms with E-state index < -0.39 is 0 Å². The van der Waals surface area contributed by atoms with Gasteiger partial charge in [0.15, 0.2) is 5.96 Å². The summed E-state index contributed by atoms with van der Waals surface area (Å²) in [6.45, 7) is 5.09. The molecule has 2 N–H and O–H groups in total. The summed E-state index contributed by atoms with van der Waals surface area (Å²) in [6.07, 6.45) is 3.05. The molecule has 0 bridgehead atoms. The first-order valence-corrected chi connectivity index (χ1v) is 10.2. The highest BCUT2D eigenvalue weighted by Gasteiger charge is 2.27. The zero-order chi connectivity index (χ0) is 19.6. The first-order chi connectivity index (χ1) is 13.8. The number of aliphatic imine (C=N–C) groups is 1. The monoisotopic (exact) mass is 511 g/mol. The molecule has 0 aromatic heterocycles. The van der Waals surface area contributed by atoms with Crippen LogP contribution in [0.4, 0.5) is 4.39 Å². The minimum atomic E-state index is -0.192. The molecule has 2 unspecified atom stereocenters. The van der Waals surface area contributed by atoms with Gasteiger partial charge in [0, 0.05) is 32.2 Å². The van der Waals surface area contributed by atoms with Gasteiger partial charge in [0.25, 0.3) is 0 Å². The zero-order valence-electron chi connectivity index (χ0n) is 16.9. The van der Waals surface area contributed by atoms with Crippen molar-refractivity contribution in [1.82, 2.24) is 10.6 Å². The molecule has 6 heteroatoms. The summed E-state index contributed by atoms with van der Waals surface area (Å²) in [7, 11) is 0. The lowest BCUT2D eigenvalue weighted by Crippen LogP contribution is -2.39. The van der Waals surface area contributed by atoms with Crippen molar-refractivity contribution >= 4 is 29.9 Å².